The van der Waals surface area contributed by atoms with Gasteiger partial charge >= 0.3 is 0 Å². The minimum Gasteiger partial charge on any atom is -0.306 e. The summed E-state index contributed by atoms with van der Waals surface area (Å²) in [6, 6.07) is 5.20. The second-order valence-electron chi connectivity index (χ2n) is 5.34. The van der Waals surface area contributed by atoms with Crippen molar-refractivity contribution in [3.63, 3.8) is 0 Å². The number of hydrogen-bond acceptors (Lipinski definition) is 4. The Morgan fingerprint density at radius 2 is 2.05 bits per heavy atom. The van der Waals surface area contributed by atoms with Crippen LogP contribution >= 0.6 is 11.6 Å². The fraction of sp³-hybridized carbons (Fsp3) is 0.462. The summed E-state index contributed by atoms with van der Waals surface area (Å²) in [5, 5.41) is 0.0142. The molecule has 1 aliphatic rings. The van der Waals surface area contributed by atoms with Gasteiger partial charge in [0.2, 0.25) is 0 Å². The van der Waals surface area contributed by atoms with Crippen molar-refractivity contribution in [1.82, 2.24) is 19.0 Å². The first-order valence-corrected chi connectivity index (χ1v) is 8.67. The van der Waals surface area contributed by atoms with E-state index >= 15 is 0 Å². The Morgan fingerprint density at radius 1 is 1.33 bits per heavy atom. The average Bonchev–Trinajstić information content (AvgIpc) is 2.77. The smallest absolute Gasteiger partial charge is 0.260 e. The lowest BCUT2D eigenvalue weighted by Gasteiger charge is -2.29. The fourth-order valence-electron chi connectivity index (χ4n) is 2.59. The van der Waals surface area contributed by atoms with Crippen LogP contribution in [0, 0.1) is 0 Å². The maximum atomic E-state index is 12.6. The number of aromatic nitrogens is 2. The number of imidazole rings is 1. The monoisotopic (exact) mass is 328 g/mol. The van der Waals surface area contributed by atoms with E-state index in [0.29, 0.717) is 5.65 Å². The first kappa shape index (κ1) is 14.8. The highest BCUT2D eigenvalue weighted by atomic mass is 35.5. The van der Waals surface area contributed by atoms with Gasteiger partial charge in [-0.3, -0.25) is 4.40 Å². The quantitative estimate of drug-likeness (QED) is 0.924. The SMILES string of the molecule is CN1CCC(NS(=O)(=O)c2c(Cl)nc3ccccn23)CC1. The largest absolute Gasteiger partial charge is 0.306 e. The standard InChI is InChI=1S/C13H17ClN4O2S/c1-17-8-5-10(6-9-17)16-21(19,20)13-12(14)15-11-4-2-3-7-18(11)13/h2-4,7,10,16H,5-6,8-9H2,1H3. The Bertz CT molecular complexity index is 751. The minimum absolute atomic E-state index is 0.00151. The molecule has 2 aromatic heterocycles. The molecule has 114 valence electrons. The second-order valence-corrected chi connectivity index (χ2v) is 7.32. The van der Waals surface area contributed by atoms with Gasteiger partial charge < -0.3 is 4.90 Å². The van der Waals surface area contributed by atoms with Crippen LogP contribution in [0.15, 0.2) is 29.4 Å². The molecule has 6 nitrogen and oxygen atoms in total. The molecule has 1 aliphatic heterocycles. The number of pyridine rings is 1. The van der Waals surface area contributed by atoms with E-state index in [1.165, 1.54) is 4.40 Å². The molecule has 1 fully saturated rings. The van der Waals surface area contributed by atoms with Crippen LogP contribution in [-0.4, -0.2) is 48.9 Å². The fourth-order valence-corrected chi connectivity index (χ4v) is 4.54. The molecule has 3 rings (SSSR count). The molecule has 1 N–H and O–H groups in total. The summed E-state index contributed by atoms with van der Waals surface area (Å²) >= 11 is 6.03. The minimum atomic E-state index is -3.69. The third-order valence-electron chi connectivity index (χ3n) is 3.74. The number of rotatable bonds is 3. The van der Waals surface area contributed by atoms with Crippen molar-refractivity contribution < 1.29 is 8.42 Å². The van der Waals surface area contributed by atoms with Crippen molar-refractivity contribution in [3.05, 3.63) is 29.5 Å². The zero-order chi connectivity index (χ0) is 15.0. The molecule has 0 aliphatic carbocycles. The Kier molecular flexibility index (Phi) is 3.92. The highest BCUT2D eigenvalue weighted by Gasteiger charge is 2.28. The van der Waals surface area contributed by atoms with Gasteiger partial charge in [-0.25, -0.2) is 18.1 Å². The summed E-state index contributed by atoms with van der Waals surface area (Å²) < 4.78 is 29.5. The first-order valence-electron chi connectivity index (χ1n) is 6.81. The highest BCUT2D eigenvalue weighted by molar-refractivity contribution is 7.89. The topological polar surface area (TPSA) is 66.7 Å². The molecule has 0 unspecified atom stereocenters. The van der Waals surface area contributed by atoms with Gasteiger partial charge in [0, 0.05) is 12.2 Å². The summed E-state index contributed by atoms with van der Waals surface area (Å²) in [5.41, 5.74) is 0.520. The predicted molar refractivity (Wildman–Crippen MR) is 81.0 cm³/mol. The number of piperidine rings is 1. The number of nitrogens with zero attached hydrogens (tertiary/aromatic N) is 3. The molecule has 0 aromatic carbocycles. The van der Waals surface area contributed by atoms with Crippen molar-refractivity contribution in [2.75, 3.05) is 20.1 Å². The Morgan fingerprint density at radius 3 is 2.76 bits per heavy atom. The molecule has 3 heterocycles. The first-order chi connectivity index (χ1) is 9.97. The molecule has 0 amide bonds. The predicted octanol–water partition coefficient (Wildman–Crippen LogP) is 1.36. The average molecular weight is 329 g/mol. The maximum Gasteiger partial charge on any atom is 0.260 e. The number of fused-ring (bicyclic) bond motifs is 1. The number of likely N-dealkylation sites (tertiary alicyclic amines) is 1. The third-order valence-corrected chi connectivity index (χ3v) is 5.66. The van der Waals surface area contributed by atoms with Crippen LogP contribution in [0.3, 0.4) is 0 Å². The second kappa shape index (κ2) is 5.57. The Hall–Kier alpha value is -1.15. The Balaban J connectivity index is 1.92. The summed E-state index contributed by atoms with van der Waals surface area (Å²) in [6.45, 7) is 1.77. The summed E-state index contributed by atoms with van der Waals surface area (Å²) in [4.78, 5) is 6.27. The van der Waals surface area contributed by atoms with Crippen LogP contribution in [0.2, 0.25) is 5.15 Å². The lowest BCUT2D eigenvalue weighted by molar-refractivity contribution is 0.248. The molecule has 0 spiro atoms. The van der Waals surface area contributed by atoms with Crippen LogP contribution in [0.5, 0.6) is 0 Å². The van der Waals surface area contributed by atoms with E-state index in [0.717, 1.165) is 25.9 Å². The van der Waals surface area contributed by atoms with Crippen molar-refractivity contribution in [2.45, 2.75) is 23.9 Å². The van der Waals surface area contributed by atoms with Crippen LogP contribution < -0.4 is 4.72 Å². The molecule has 0 radical (unpaired) electrons. The van der Waals surface area contributed by atoms with E-state index in [-0.39, 0.29) is 16.2 Å². The molecule has 8 heteroatoms. The van der Waals surface area contributed by atoms with Crippen molar-refractivity contribution in [3.8, 4) is 0 Å². The molecule has 1 saturated heterocycles. The van der Waals surface area contributed by atoms with Gasteiger partial charge in [0.25, 0.3) is 10.0 Å². The van der Waals surface area contributed by atoms with Gasteiger partial charge in [-0.15, -0.1) is 0 Å². The number of halogens is 1. The molecule has 21 heavy (non-hydrogen) atoms. The van der Waals surface area contributed by atoms with E-state index in [4.69, 9.17) is 11.6 Å². The number of hydrogen-bond donors (Lipinski definition) is 1. The van der Waals surface area contributed by atoms with Gasteiger partial charge in [0.1, 0.15) is 5.65 Å². The van der Waals surface area contributed by atoms with Crippen molar-refractivity contribution in [1.29, 1.82) is 0 Å². The molecular formula is C13H17ClN4O2S. The molecule has 0 bridgehead atoms. The molecule has 2 aromatic rings. The maximum absolute atomic E-state index is 12.6. The highest BCUT2D eigenvalue weighted by Crippen LogP contribution is 2.23. The lowest BCUT2D eigenvalue weighted by Crippen LogP contribution is -2.43. The zero-order valence-corrected chi connectivity index (χ0v) is 13.2. The van der Waals surface area contributed by atoms with Gasteiger partial charge in [-0.1, -0.05) is 17.7 Å². The van der Waals surface area contributed by atoms with Gasteiger partial charge in [0.05, 0.1) is 0 Å². The van der Waals surface area contributed by atoms with Crippen LogP contribution in [-0.2, 0) is 10.0 Å². The van der Waals surface area contributed by atoms with Crippen molar-refractivity contribution >= 4 is 27.3 Å². The lowest BCUT2D eigenvalue weighted by atomic mass is 10.1. The molecular weight excluding hydrogens is 312 g/mol. The number of nitrogens with one attached hydrogen (secondary N) is 1. The van der Waals surface area contributed by atoms with Crippen LogP contribution in [0.1, 0.15) is 12.8 Å². The molecule has 0 atom stereocenters. The Labute approximate surface area is 128 Å². The summed E-state index contributed by atoms with van der Waals surface area (Å²) in [6.07, 6.45) is 3.24. The van der Waals surface area contributed by atoms with Gasteiger partial charge in [-0.05, 0) is 45.1 Å². The van der Waals surface area contributed by atoms with E-state index in [1.54, 1.807) is 24.4 Å². The summed E-state index contributed by atoms with van der Waals surface area (Å²) in [7, 11) is -1.66. The van der Waals surface area contributed by atoms with Crippen LogP contribution in [0.4, 0.5) is 0 Å². The van der Waals surface area contributed by atoms with E-state index < -0.39 is 10.0 Å². The van der Waals surface area contributed by atoms with Crippen molar-refractivity contribution in [2.24, 2.45) is 0 Å². The van der Waals surface area contributed by atoms with Gasteiger partial charge in [-0.2, -0.15) is 0 Å². The summed E-state index contributed by atoms with van der Waals surface area (Å²) in [5.74, 6) is 0. The van der Waals surface area contributed by atoms with E-state index in [9.17, 15) is 8.42 Å². The normalized spacial score (nSPS) is 18.4. The zero-order valence-electron chi connectivity index (χ0n) is 11.7. The van der Waals surface area contributed by atoms with E-state index in [1.807, 2.05) is 7.05 Å². The number of sulfonamides is 1. The van der Waals surface area contributed by atoms with Gasteiger partial charge in [0.15, 0.2) is 10.2 Å². The third kappa shape index (κ3) is 2.91. The van der Waals surface area contributed by atoms with Crippen LogP contribution in [0.25, 0.3) is 5.65 Å². The van der Waals surface area contributed by atoms with E-state index in [2.05, 4.69) is 14.6 Å². The molecule has 0 saturated carbocycles.